The molecule has 0 radical (unpaired) electrons. The number of hydrogen-bond acceptors (Lipinski definition) is 5. The van der Waals surface area contributed by atoms with Crippen LogP contribution < -0.4 is 11.1 Å². The Kier molecular flexibility index (Phi) is 6.19. The summed E-state index contributed by atoms with van der Waals surface area (Å²) in [5.41, 5.74) is 9.27. The van der Waals surface area contributed by atoms with Crippen LogP contribution in [0.1, 0.15) is 31.0 Å². The fraction of sp³-hybridized carbons (Fsp3) is 0.200. The van der Waals surface area contributed by atoms with Crippen LogP contribution in [0.2, 0.25) is 0 Å². The van der Waals surface area contributed by atoms with Gasteiger partial charge in [0.1, 0.15) is 11.2 Å². The molecule has 2 aromatic heterocycles. The average molecular weight is 443 g/mol. The molecule has 0 saturated heterocycles. The molecule has 8 heteroatoms. The molecule has 0 spiro atoms. The number of aliphatic imine (C=N–C) groups is 1. The number of carbonyl (C=O) groups is 1. The van der Waals surface area contributed by atoms with E-state index in [0.29, 0.717) is 18.1 Å². The molecule has 8 nitrogen and oxygen atoms in total. The molecule has 1 aliphatic rings. The first-order valence-electron chi connectivity index (χ1n) is 10.8. The fourth-order valence-corrected chi connectivity index (χ4v) is 3.91. The van der Waals surface area contributed by atoms with Crippen molar-refractivity contribution in [3.8, 4) is 0 Å². The number of aromatic nitrogens is 2. The van der Waals surface area contributed by atoms with Crippen LogP contribution >= 0.6 is 0 Å². The summed E-state index contributed by atoms with van der Waals surface area (Å²) < 4.78 is 2.11. The molecule has 1 aliphatic heterocycles. The number of carbonyl (C=O) groups excluding carboxylic acids is 1. The lowest BCUT2D eigenvalue weighted by Gasteiger charge is -2.23. The highest BCUT2D eigenvalue weighted by Gasteiger charge is 2.26. The number of primary amides is 1. The number of nitrogens with zero attached hydrogens (tertiary/aromatic N) is 4. The first-order chi connectivity index (χ1) is 15.9. The highest BCUT2D eigenvalue weighted by molar-refractivity contribution is 6.17. The van der Waals surface area contributed by atoms with Gasteiger partial charge in [0, 0.05) is 55.3 Å². The van der Waals surface area contributed by atoms with Crippen LogP contribution in [0, 0.1) is 5.41 Å². The molecule has 1 amide bonds. The van der Waals surface area contributed by atoms with Crippen molar-refractivity contribution in [2.45, 2.75) is 26.4 Å². The van der Waals surface area contributed by atoms with Crippen molar-refractivity contribution in [2.24, 2.45) is 10.7 Å². The Bertz CT molecular complexity index is 1300. The molecule has 3 aromatic rings. The van der Waals surface area contributed by atoms with E-state index in [1.807, 2.05) is 49.7 Å². The number of rotatable bonds is 7. The predicted octanol–water partition coefficient (Wildman–Crippen LogP) is 2.30. The van der Waals surface area contributed by atoms with Gasteiger partial charge in [-0.1, -0.05) is 30.3 Å². The Morgan fingerprint density at radius 1 is 1.24 bits per heavy atom. The second-order valence-corrected chi connectivity index (χ2v) is 8.28. The lowest BCUT2D eigenvalue weighted by molar-refractivity contribution is -0.573. The zero-order chi connectivity index (χ0) is 23.5. The van der Waals surface area contributed by atoms with Gasteiger partial charge in [0.05, 0.1) is 5.71 Å². The van der Waals surface area contributed by atoms with Crippen molar-refractivity contribution in [1.29, 1.82) is 5.41 Å². The van der Waals surface area contributed by atoms with E-state index in [2.05, 4.69) is 40.4 Å². The molecule has 0 fully saturated rings. The van der Waals surface area contributed by atoms with Gasteiger partial charge >= 0.3 is 0 Å². The summed E-state index contributed by atoms with van der Waals surface area (Å²) in [6, 6.07) is 14.3. The van der Waals surface area contributed by atoms with Crippen molar-refractivity contribution < 1.29 is 10.1 Å². The molecule has 0 atom stereocenters. The third kappa shape index (κ3) is 4.47. The Hall–Kier alpha value is -4.04. The van der Waals surface area contributed by atoms with Crippen LogP contribution in [0.15, 0.2) is 83.1 Å². The highest BCUT2D eigenvalue weighted by Crippen LogP contribution is 2.25. The Morgan fingerprint density at radius 3 is 2.67 bits per heavy atom. The van der Waals surface area contributed by atoms with Crippen LogP contribution in [-0.2, 0) is 11.3 Å². The molecular formula is C25H28N7O+. The molecule has 0 saturated carbocycles. The highest BCUT2D eigenvalue weighted by atomic mass is 16.1. The first-order valence-corrected chi connectivity index (χ1v) is 10.8. The quantitative estimate of drug-likeness (QED) is 0.385. The van der Waals surface area contributed by atoms with Crippen LogP contribution in [-0.4, -0.2) is 39.3 Å². The topological polar surface area (TPSA) is 117 Å². The number of nitrogens with two attached hydrogens (primary N) is 2. The van der Waals surface area contributed by atoms with Crippen molar-refractivity contribution in [3.05, 3.63) is 89.3 Å². The van der Waals surface area contributed by atoms with Crippen LogP contribution in [0.4, 0.5) is 0 Å². The van der Waals surface area contributed by atoms with Gasteiger partial charge in [-0.25, -0.2) is 10.3 Å². The number of pyridine rings is 1. The zero-order valence-corrected chi connectivity index (χ0v) is 19.0. The van der Waals surface area contributed by atoms with Crippen molar-refractivity contribution in [3.63, 3.8) is 0 Å². The summed E-state index contributed by atoms with van der Waals surface area (Å²) in [7, 11) is 1.99. The van der Waals surface area contributed by atoms with Gasteiger partial charge < -0.3 is 20.6 Å². The van der Waals surface area contributed by atoms with Gasteiger partial charge in [0.15, 0.2) is 0 Å². The van der Waals surface area contributed by atoms with E-state index < -0.39 is 5.91 Å². The first kappa shape index (κ1) is 22.2. The smallest absolute Gasteiger partial charge is 0.258 e. The zero-order valence-electron chi connectivity index (χ0n) is 19.0. The minimum Gasteiger partial charge on any atom is -0.365 e. The molecule has 0 bridgehead atoms. The number of fused-ring (bicyclic) bond motifs is 1. The number of benzene rings is 1. The van der Waals surface area contributed by atoms with Gasteiger partial charge in [-0.15, -0.1) is 0 Å². The van der Waals surface area contributed by atoms with Crippen molar-refractivity contribution >= 4 is 28.9 Å². The third-order valence-corrected chi connectivity index (χ3v) is 5.62. The summed E-state index contributed by atoms with van der Waals surface area (Å²) >= 11 is 0. The number of nitrogens with one attached hydrogen (secondary N) is 1. The van der Waals surface area contributed by atoms with Gasteiger partial charge in [0.2, 0.25) is 11.6 Å². The Balaban J connectivity index is 1.86. The number of quaternary nitrogens is 1. The van der Waals surface area contributed by atoms with E-state index in [1.54, 1.807) is 11.5 Å². The van der Waals surface area contributed by atoms with E-state index in [-0.39, 0.29) is 11.6 Å². The molecule has 1 aromatic carbocycles. The molecule has 0 aliphatic carbocycles. The maximum atomic E-state index is 12.0. The molecule has 33 heavy (non-hydrogen) atoms. The summed E-state index contributed by atoms with van der Waals surface area (Å²) in [4.78, 5) is 23.4. The maximum absolute atomic E-state index is 12.0. The largest absolute Gasteiger partial charge is 0.365 e. The van der Waals surface area contributed by atoms with Crippen molar-refractivity contribution in [1.82, 2.24) is 14.5 Å². The van der Waals surface area contributed by atoms with Gasteiger partial charge in [0.25, 0.3) is 5.91 Å². The lowest BCUT2D eigenvalue weighted by atomic mass is 10.1. The molecule has 4 rings (SSSR count). The van der Waals surface area contributed by atoms with E-state index in [0.717, 1.165) is 34.2 Å². The molecular weight excluding hydrogens is 414 g/mol. The number of allylic oxidation sites excluding steroid dienone is 1. The number of hydrogen-bond donors (Lipinski definition) is 3. The van der Waals surface area contributed by atoms with Gasteiger partial charge in [-0.3, -0.25) is 4.79 Å². The Morgan fingerprint density at radius 2 is 2.00 bits per heavy atom. The van der Waals surface area contributed by atoms with Crippen LogP contribution in [0.5, 0.6) is 0 Å². The minimum atomic E-state index is -0.683. The van der Waals surface area contributed by atoms with Crippen LogP contribution in [0.25, 0.3) is 11.0 Å². The summed E-state index contributed by atoms with van der Waals surface area (Å²) in [5.74, 6) is 0.561. The molecule has 0 unspecified atom stereocenters. The number of amides is 1. The third-order valence-electron chi connectivity index (χ3n) is 5.62. The van der Waals surface area contributed by atoms with E-state index in [4.69, 9.17) is 16.1 Å². The normalized spacial score (nSPS) is 15.3. The monoisotopic (exact) mass is 442 g/mol. The van der Waals surface area contributed by atoms with E-state index in [9.17, 15) is 4.79 Å². The fourth-order valence-electron chi connectivity index (χ4n) is 3.91. The Labute approximate surface area is 192 Å². The second-order valence-electron chi connectivity index (χ2n) is 8.28. The summed E-state index contributed by atoms with van der Waals surface area (Å²) in [6.45, 7) is 4.89. The van der Waals surface area contributed by atoms with Gasteiger partial charge in [-0.2, -0.15) is 4.99 Å². The molecule has 3 heterocycles. The standard InChI is InChI=1S/C25H27N7O/c1-16(2)32-15-20(18-10-7-11-28-25(18)32)21-12-22(30-24(29-21)19(13-26)23(27)33)31(3)14-17-8-5-4-6-9-17/h4-13,15-16,26,30H,14H2,1-3H3,(H2,27,33)/p+1/b24-19+,26-13?. The van der Waals surface area contributed by atoms with Crippen molar-refractivity contribution in [2.75, 3.05) is 7.05 Å². The lowest BCUT2D eigenvalue weighted by Crippen LogP contribution is -2.84. The summed E-state index contributed by atoms with van der Waals surface area (Å²) in [5, 5.41) is 10.5. The van der Waals surface area contributed by atoms with E-state index in [1.165, 1.54) is 0 Å². The van der Waals surface area contributed by atoms with Gasteiger partial charge in [-0.05, 0) is 31.5 Å². The SMILES string of the molecule is CC(C)n1cc(C2=N/C(=C(/C=N)C(N)=O)[NH2+]C(N(C)Cc3ccccc3)=C2)c2cccnc21. The molecule has 168 valence electrons. The predicted molar refractivity (Wildman–Crippen MR) is 130 cm³/mol. The van der Waals surface area contributed by atoms with Crippen LogP contribution in [0.3, 0.4) is 0 Å². The minimum absolute atomic E-state index is 0.0666. The second kappa shape index (κ2) is 9.22. The summed E-state index contributed by atoms with van der Waals surface area (Å²) in [6.07, 6.45) is 6.79. The maximum Gasteiger partial charge on any atom is 0.258 e. The van der Waals surface area contributed by atoms with E-state index >= 15 is 0 Å². The average Bonchev–Trinajstić information content (AvgIpc) is 3.20. The molecule has 5 N–H and O–H groups in total.